The summed E-state index contributed by atoms with van der Waals surface area (Å²) in [6, 6.07) is 0. The molecule has 0 aliphatic heterocycles. The molecule has 0 spiro atoms. The topological polar surface area (TPSA) is 43.4 Å². The lowest BCUT2D eigenvalue weighted by atomic mass is 10.1. The molecule has 0 aliphatic carbocycles. The summed E-state index contributed by atoms with van der Waals surface area (Å²) in [6.45, 7) is 6.45. The molecule has 0 N–H and O–H groups in total. The maximum atomic E-state index is 10.5. The Hall–Kier alpha value is -1.38. The van der Waals surface area contributed by atoms with Gasteiger partial charge in [-0.15, -0.1) is 0 Å². The van der Waals surface area contributed by atoms with Crippen LogP contribution < -0.4 is 0 Å². The minimum atomic E-state index is -0.159. The average molecular weight is 423 g/mol. The van der Waals surface area contributed by atoms with Crippen LogP contribution in [0.5, 0.6) is 0 Å². The Morgan fingerprint density at radius 1 is 0.633 bits per heavy atom. The van der Waals surface area contributed by atoms with Gasteiger partial charge < -0.3 is 9.53 Å². The lowest BCUT2D eigenvalue weighted by Crippen LogP contribution is -2.00. The summed E-state index contributed by atoms with van der Waals surface area (Å²) in [6.07, 6.45) is 30.5. The maximum Gasteiger partial charge on any atom is 0.302 e. The monoisotopic (exact) mass is 422 g/mol. The van der Waals surface area contributed by atoms with Crippen molar-refractivity contribution in [2.24, 2.45) is 0 Å². The molecule has 0 saturated heterocycles. The van der Waals surface area contributed by atoms with Crippen molar-refractivity contribution in [1.29, 1.82) is 0 Å². The summed E-state index contributed by atoms with van der Waals surface area (Å²) in [4.78, 5) is 20.5. The van der Waals surface area contributed by atoms with Crippen molar-refractivity contribution < 1.29 is 14.3 Å². The van der Waals surface area contributed by atoms with Crippen LogP contribution in [0, 0.1) is 0 Å². The van der Waals surface area contributed by atoms with Crippen molar-refractivity contribution in [2.45, 2.75) is 130 Å². The minimum Gasteiger partial charge on any atom is -0.466 e. The predicted octanol–water partition coefficient (Wildman–Crippen LogP) is 8.52. The number of hydrogen-bond acceptors (Lipinski definition) is 3. The summed E-state index contributed by atoms with van der Waals surface area (Å²) >= 11 is 0. The lowest BCUT2D eigenvalue weighted by Gasteiger charge is -2.03. The standard InChI is InChI=1S/C17H32O2.C10H18O/c1-3-4-5-6-7-8-9-10-11-12-13-14-15-16-19-17(2)18;1-2-3-4-5-6-7-8-9-10-11/h4-5H,3,6-16H2,1-2H3;5-6,10H,2-4,7-9H2,1H3/b5-4-;6-5-. The number of rotatable bonds is 20. The zero-order chi connectivity index (χ0) is 22.5. The van der Waals surface area contributed by atoms with E-state index in [2.05, 4.69) is 38.2 Å². The third-order valence-corrected chi connectivity index (χ3v) is 4.81. The van der Waals surface area contributed by atoms with Crippen LogP contribution >= 0.6 is 0 Å². The van der Waals surface area contributed by atoms with Crippen LogP contribution in [0.1, 0.15) is 130 Å². The third kappa shape index (κ3) is 34.1. The molecule has 0 amide bonds. The molecule has 3 nitrogen and oxygen atoms in total. The molecule has 0 heterocycles. The molecule has 0 unspecified atom stereocenters. The Bertz CT molecular complexity index is 399. The van der Waals surface area contributed by atoms with Gasteiger partial charge in [-0.1, -0.05) is 95.9 Å². The molecule has 0 bridgehead atoms. The van der Waals surface area contributed by atoms with Gasteiger partial charge >= 0.3 is 5.97 Å². The summed E-state index contributed by atoms with van der Waals surface area (Å²) in [5, 5.41) is 0. The lowest BCUT2D eigenvalue weighted by molar-refractivity contribution is -0.141. The molecule has 176 valence electrons. The third-order valence-electron chi connectivity index (χ3n) is 4.81. The first-order valence-corrected chi connectivity index (χ1v) is 12.6. The van der Waals surface area contributed by atoms with Crippen molar-refractivity contribution in [3.05, 3.63) is 24.3 Å². The molecule has 0 aliphatic rings. The first-order valence-electron chi connectivity index (χ1n) is 12.6. The molecule has 0 rings (SSSR count). The van der Waals surface area contributed by atoms with E-state index in [1.165, 1.54) is 84.0 Å². The van der Waals surface area contributed by atoms with Crippen molar-refractivity contribution >= 4 is 12.3 Å². The van der Waals surface area contributed by atoms with Crippen LogP contribution in [-0.2, 0) is 14.3 Å². The molecule has 0 aromatic carbocycles. The van der Waals surface area contributed by atoms with Crippen LogP contribution in [0.3, 0.4) is 0 Å². The second kappa shape index (κ2) is 29.8. The van der Waals surface area contributed by atoms with E-state index in [1.807, 2.05) is 0 Å². The Morgan fingerprint density at radius 2 is 1.13 bits per heavy atom. The fourth-order valence-electron chi connectivity index (χ4n) is 2.98. The fourth-order valence-corrected chi connectivity index (χ4v) is 2.98. The highest BCUT2D eigenvalue weighted by Gasteiger charge is 1.94. The molecule has 30 heavy (non-hydrogen) atoms. The largest absolute Gasteiger partial charge is 0.466 e. The quantitative estimate of drug-likeness (QED) is 0.0854. The van der Waals surface area contributed by atoms with Crippen LogP contribution in [0.15, 0.2) is 24.3 Å². The molecule has 0 saturated carbocycles. The molecule has 0 radical (unpaired) electrons. The van der Waals surface area contributed by atoms with Crippen LogP contribution in [-0.4, -0.2) is 18.9 Å². The summed E-state index contributed by atoms with van der Waals surface area (Å²) in [5.41, 5.74) is 0. The maximum absolute atomic E-state index is 10.5. The number of carbonyl (C=O) groups excluding carboxylic acids is 2. The van der Waals surface area contributed by atoms with E-state index >= 15 is 0 Å². The predicted molar refractivity (Wildman–Crippen MR) is 131 cm³/mol. The Labute approximate surface area is 187 Å². The molecule has 0 atom stereocenters. The average Bonchev–Trinajstić information content (AvgIpc) is 2.74. The smallest absolute Gasteiger partial charge is 0.302 e. The van der Waals surface area contributed by atoms with E-state index in [-0.39, 0.29) is 5.97 Å². The molecule has 0 fully saturated rings. The zero-order valence-electron chi connectivity index (χ0n) is 20.3. The van der Waals surface area contributed by atoms with Crippen molar-refractivity contribution in [1.82, 2.24) is 0 Å². The van der Waals surface area contributed by atoms with E-state index < -0.39 is 0 Å². The van der Waals surface area contributed by atoms with Gasteiger partial charge in [0.05, 0.1) is 6.61 Å². The number of carbonyl (C=O) groups is 2. The van der Waals surface area contributed by atoms with E-state index in [1.54, 1.807) is 0 Å². The van der Waals surface area contributed by atoms with Crippen molar-refractivity contribution in [3.8, 4) is 0 Å². The molecule has 0 aromatic heterocycles. The van der Waals surface area contributed by atoms with Gasteiger partial charge in [-0.25, -0.2) is 0 Å². The normalized spacial score (nSPS) is 10.9. The minimum absolute atomic E-state index is 0.159. The Kier molecular flexibility index (Phi) is 30.6. The number of hydrogen-bond donors (Lipinski definition) is 0. The van der Waals surface area contributed by atoms with Crippen LogP contribution in [0.25, 0.3) is 0 Å². The van der Waals surface area contributed by atoms with Crippen molar-refractivity contribution in [2.75, 3.05) is 6.61 Å². The van der Waals surface area contributed by atoms with Gasteiger partial charge in [-0.3, -0.25) is 4.79 Å². The summed E-state index contributed by atoms with van der Waals surface area (Å²) in [7, 11) is 0. The highest BCUT2D eigenvalue weighted by atomic mass is 16.5. The summed E-state index contributed by atoms with van der Waals surface area (Å²) < 4.78 is 4.90. The van der Waals surface area contributed by atoms with E-state index in [0.717, 1.165) is 32.0 Å². The number of unbranched alkanes of at least 4 members (excludes halogenated alkanes) is 13. The van der Waals surface area contributed by atoms with Gasteiger partial charge in [0.1, 0.15) is 6.29 Å². The SMILES string of the molecule is CC/C=C\CCCCCCCCCCCOC(C)=O.CCCC/C=C\CCCC=O. The van der Waals surface area contributed by atoms with Gasteiger partial charge in [-0.2, -0.15) is 0 Å². The number of ether oxygens (including phenoxy) is 1. The highest BCUT2D eigenvalue weighted by molar-refractivity contribution is 5.65. The van der Waals surface area contributed by atoms with Crippen molar-refractivity contribution in [3.63, 3.8) is 0 Å². The molecule has 3 heteroatoms. The van der Waals surface area contributed by atoms with E-state index in [4.69, 9.17) is 4.74 Å². The van der Waals surface area contributed by atoms with Crippen LogP contribution in [0.2, 0.25) is 0 Å². The first kappa shape index (κ1) is 30.8. The fraction of sp³-hybridized carbons (Fsp3) is 0.778. The first-order chi connectivity index (χ1) is 14.7. The Balaban J connectivity index is 0. The number of allylic oxidation sites excluding steroid dienone is 4. The molecular formula is C27H50O3. The van der Waals surface area contributed by atoms with Gasteiger partial charge in [0.15, 0.2) is 0 Å². The zero-order valence-corrected chi connectivity index (χ0v) is 20.3. The number of aldehydes is 1. The van der Waals surface area contributed by atoms with Gasteiger partial charge in [-0.05, 0) is 44.9 Å². The van der Waals surface area contributed by atoms with Gasteiger partial charge in [0, 0.05) is 13.3 Å². The van der Waals surface area contributed by atoms with Crippen LogP contribution in [0.4, 0.5) is 0 Å². The Morgan fingerprint density at radius 3 is 1.67 bits per heavy atom. The molecule has 0 aromatic rings. The highest BCUT2D eigenvalue weighted by Crippen LogP contribution is 2.11. The summed E-state index contributed by atoms with van der Waals surface area (Å²) in [5.74, 6) is -0.159. The van der Waals surface area contributed by atoms with E-state index in [9.17, 15) is 9.59 Å². The second-order valence-corrected chi connectivity index (χ2v) is 7.90. The molecular weight excluding hydrogens is 372 g/mol. The van der Waals surface area contributed by atoms with E-state index in [0.29, 0.717) is 13.0 Å². The van der Waals surface area contributed by atoms with Gasteiger partial charge in [0.2, 0.25) is 0 Å². The number of esters is 1. The van der Waals surface area contributed by atoms with Gasteiger partial charge in [0.25, 0.3) is 0 Å². The second-order valence-electron chi connectivity index (χ2n) is 7.90.